The van der Waals surface area contributed by atoms with Crippen LogP contribution in [0, 0.1) is 0 Å². The quantitative estimate of drug-likeness (QED) is 0.411. The van der Waals surface area contributed by atoms with Crippen LogP contribution in [0.25, 0.3) is 0 Å². The average molecular weight is 226 g/mol. The number of esters is 1. The van der Waals surface area contributed by atoms with Gasteiger partial charge in [0, 0.05) is 6.42 Å². The molecule has 0 bridgehead atoms. The van der Waals surface area contributed by atoms with E-state index in [0.29, 0.717) is 6.42 Å². The molecule has 0 aliphatic carbocycles. The molecule has 0 aliphatic rings. The number of rotatable bonds is 6. The van der Waals surface area contributed by atoms with Crippen LogP contribution in [0.3, 0.4) is 0 Å². The lowest BCUT2D eigenvalue weighted by molar-refractivity contribution is -0.161. The van der Waals surface area contributed by atoms with E-state index in [2.05, 4.69) is 8.92 Å². The molecule has 0 saturated heterocycles. The second-order valence-electron chi connectivity index (χ2n) is 2.68. The van der Waals surface area contributed by atoms with Crippen molar-refractivity contribution < 1.29 is 26.7 Å². The predicted octanol–water partition coefficient (Wildman–Crippen LogP) is 0.885. The minimum absolute atomic E-state index is 0.204. The van der Waals surface area contributed by atoms with E-state index in [4.69, 9.17) is 4.55 Å². The van der Waals surface area contributed by atoms with E-state index in [-0.39, 0.29) is 6.42 Å². The maximum atomic E-state index is 10.9. The summed E-state index contributed by atoms with van der Waals surface area (Å²) in [6, 6.07) is 0. The summed E-state index contributed by atoms with van der Waals surface area (Å²) >= 11 is 0. The number of hydrogen-bond acceptors (Lipinski definition) is 5. The van der Waals surface area contributed by atoms with Crippen molar-refractivity contribution in [2.75, 3.05) is 0 Å². The molecule has 0 heterocycles. The highest BCUT2D eigenvalue weighted by Crippen LogP contribution is 2.03. The summed E-state index contributed by atoms with van der Waals surface area (Å²) in [7, 11) is -4.57. The van der Waals surface area contributed by atoms with Gasteiger partial charge in [-0.2, -0.15) is 8.42 Å². The lowest BCUT2D eigenvalue weighted by atomic mass is 10.2. The standard InChI is InChI=1S/C7H14O6S/c1-3-4-5-7(8)12-6(2)13-14(9,10)11/h6H,3-5H2,1-2H3,(H,9,10,11). The smallest absolute Gasteiger partial charge is 0.400 e. The number of carbonyl (C=O) groups is 1. The van der Waals surface area contributed by atoms with Crippen LogP contribution in [-0.2, 0) is 24.1 Å². The monoisotopic (exact) mass is 226 g/mol. The van der Waals surface area contributed by atoms with Crippen LogP contribution in [0.2, 0.25) is 0 Å². The molecule has 14 heavy (non-hydrogen) atoms. The van der Waals surface area contributed by atoms with Crippen LogP contribution >= 0.6 is 0 Å². The molecule has 1 atom stereocenters. The predicted molar refractivity (Wildman–Crippen MR) is 47.7 cm³/mol. The average Bonchev–Trinajstić information content (AvgIpc) is 1.96. The van der Waals surface area contributed by atoms with Crippen LogP contribution in [0.5, 0.6) is 0 Å². The highest BCUT2D eigenvalue weighted by atomic mass is 32.3. The Balaban J connectivity index is 3.83. The van der Waals surface area contributed by atoms with E-state index < -0.39 is 22.7 Å². The molecule has 0 radical (unpaired) electrons. The maximum Gasteiger partial charge on any atom is 0.400 e. The summed E-state index contributed by atoms with van der Waals surface area (Å²) in [6.07, 6.45) is 0.407. The fourth-order valence-corrected chi connectivity index (χ4v) is 1.14. The zero-order valence-corrected chi connectivity index (χ0v) is 8.91. The van der Waals surface area contributed by atoms with E-state index in [1.807, 2.05) is 6.92 Å². The summed E-state index contributed by atoms with van der Waals surface area (Å²) in [6.45, 7) is 3.11. The van der Waals surface area contributed by atoms with Crippen LogP contribution in [-0.4, -0.2) is 25.2 Å². The Hall–Kier alpha value is -0.660. The van der Waals surface area contributed by atoms with Gasteiger partial charge < -0.3 is 4.74 Å². The molecule has 0 saturated carbocycles. The van der Waals surface area contributed by atoms with Gasteiger partial charge in [-0.3, -0.25) is 9.35 Å². The first kappa shape index (κ1) is 13.3. The van der Waals surface area contributed by atoms with E-state index in [1.165, 1.54) is 6.92 Å². The van der Waals surface area contributed by atoms with Gasteiger partial charge in [0.2, 0.25) is 6.29 Å². The summed E-state index contributed by atoms with van der Waals surface area (Å²) in [5.41, 5.74) is 0. The summed E-state index contributed by atoms with van der Waals surface area (Å²) < 4.78 is 37.1. The Labute approximate surface area is 83.2 Å². The molecule has 84 valence electrons. The lowest BCUT2D eigenvalue weighted by Crippen LogP contribution is -2.21. The number of carbonyl (C=O) groups excluding carboxylic acids is 1. The largest absolute Gasteiger partial charge is 0.435 e. The van der Waals surface area contributed by atoms with Crippen LogP contribution in [0.15, 0.2) is 0 Å². The second-order valence-corrected chi connectivity index (χ2v) is 3.73. The van der Waals surface area contributed by atoms with Crippen molar-refractivity contribution in [1.82, 2.24) is 0 Å². The molecule has 1 unspecified atom stereocenters. The summed E-state index contributed by atoms with van der Waals surface area (Å²) in [5.74, 6) is -0.553. The molecule has 0 aliphatic heterocycles. The molecule has 0 spiro atoms. The number of ether oxygens (including phenoxy) is 1. The van der Waals surface area contributed by atoms with Gasteiger partial charge in [0.15, 0.2) is 0 Å². The molecule has 6 nitrogen and oxygen atoms in total. The van der Waals surface area contributed by atoms with Crippen molar-refractivity contribution in [2.24, 2.45) is 0 Å². The maximum absolute atomic E-state index is 10.9. The van der Waals surface area contributed by atoms with Crippen molar-refractivity contribution in [3.05, 3.63) is 0 Å². The molecule has 0 aromatic heterocycles. The molecule has 7 heteroatoms. The van der Waals surface area contributed by atoms with Crippen molar-refractivity contribution in [3.63, 3.8) is 0 Å². The zero-order valence-electron chi connectivity index (χ0n) is 8.10. The SMILES string of the molecule is CCCCC(=O)OC(C)OS(=O)(=O)O. The highest BCUT2D eigenvalue weighted by Gasteiger charge is 2.15. The summed E-state index contributed by atoms with van der Waals surface area (Å²) in [5, 5.41) is 0. The Morgan fingerprint density at radius 3 is 2.50 bits per heavy atom. The Kier molecular flexibility index (Phi) is 5.66. The molecule has 0 amide bonds. The Morgan fingerprint density at radius 2 is 2.07 bits per heavy atom. The van der Waals surface area contributed by atoms with Gasteiger partial charge in [0.05, 0.1) is 0 Å². The van der Waals surface area contributed by atoms with Crippen LogP contribution in [0.4, 0.5) is 0 Å². The molecular formula is C7H14O6S. The molecule has 0 fully saturated rings. The third-order valence-corrected chi connectivity index (χ3v) is 1.80. The van der Waals surface area contributed by atoms with Crippen molar-refractivity contribution in [1.29, 1.82) is 0 Å². The minimum atomic E-state index is -4.57. The van der Waals surface area contributed by atoms with Gasteiger partial charge >= 0.3 is 16.4 Å². The number of hydrogen-bond donors (Lipinski definition) is 1. The molecule has 0 aromatic rings. The number of unbranched alkanes of at least 4 members (excludes halogenated alkanes) is 1. The highest BCUT2D eigenvalue weighted by molar-refractivity contribution is 7.80. The second kappa shape index (κ2) is 5.94. The molecular weight excluding hydrogens is 212 g/mol. The van der Waals surface area contributed by atoms with Crippen molar-refractivity contribution >= 4 is 16.4 Å². The van der Waals surface area contributed by atoms with E-state index in [0.717, 1.165) is 6.42 Å². The normalized spacial score (nSPS) is 13.6. The van der Waals surface area contributed by atoms with E-state index in [1.54, 1.807) is 0 Å². The molecule has 0 rings (SSSR count). The fraction of sp³-hybridized carbons (Fsp3) is 0.857. The van der Waals surface area contributed by atoms with Gasteiger partial charge in [0.25, 0.3) is 0 Å². The lowest BCUT2D eigenvalue weighted by Gasteiger charge is -2.10. The van der Waals surface area contributed by atoms with Gasteiger partial charge in [-0.05, 0) is 13.3 Å². The third-order valence-electron chi connectivity index (χ3n) is 1.29. The fourth-order valence-electron chi connectivity index (χ4n) is 0.756. The van der Waals surface area contributed by atoms with E-state index >= 15 is 0 Å². The first-order valence-corrected chi connectivity index (χ1v) is 5.57. The molecule has 0 aromatic carbocycles. The summed E-state index contributed by atoms with van der Waals surface area (Å²) in [4.78, 5) is 10.9. The van der Waals surface area contributed by atoms with Gasteiger partial charge in [-0.1, -0.05) is 13.3 Å². The van der Waals surface area contributed by atoms with Crippen molar-refractivity contribution in [2.45, 2.75) is 39.4 Å². The molecule has 1 N–H and O–H groups in total. The van der Waals surface area contributed by atoms with Crippen LogP contribution < -0.4 is 0 Å². The first-order valence-electron chi connectivity index (χ1n) is 4.20. The van der Waals surface area contributed by atoms with E-state index in [9.17, 15) is 13.2 Å². The Bertz CT molecular complexity index is 270. The third kappa shape index (κ3) is 7.96. The van der Waals surface area contributed by atoms with Crippen molar-refractivity contribution in [3.8, 4) is 0 Å². The van der Waals surface area contributed by atoms with Gasteiger partial charge in [-0.25, -0.2) is 4.18 Å². The topological polar surface area (TPSA) is 89.9 Å². The minimum Gasteiger partial charge on any atom is -0.435 e. The Morgan fingerprint density at radius 1 is 1.50 bits per heavy atom. The first-order chi connectivity index (χ1) is 6.35. The van der Waals surface area contributed by atoms with Gasteiger partial charge in [-0.15, -0.1) is 0 Å². The zero-order chi connectivity index (χ0) is 11.2. The van der Waals surface area contributed by atoms with Crippen LogP contribution in [0.1, 0.15) is 33.1 Å². The van der Waals surface area contributed by atoms with Gasteiger partial charge in [0.1, 0.15) is 0 Å².